The summed E-state index contributed by atoms with van der Waals surface area (Å²) in [5.74, 6) is -0.195. The Hall–Kier alpha value is -2.60. The van der Waals surface area contributed by atoms with Gasteiger partial charge in [-0.2, -0.15) is 0 Å². The van der Waals surface area contributed by atoms with Gasteiger partial charge in [0, 0.05) is 18.7 Å². The highest BCUT2D eigenvalue weighted by Gasteiger charge is 2.38. The summed E-state index contributed by atoms with van der Waals surface area (Å²) >= 11 is 1.38. The van der Waals surface area contributed by atoms with Gasteiger partial charge in [0.05, 0.1) is 5.69 Å². The van der Waals surface area contributed by atoms with Gasteiger partial charge in [-0.3, -0.25) is 14.5 Å². The van der Waals surface area contributed by atoms with Gasteiger partial charge in [0.1, 0.15) is 5.25 Å². The molecule has 0 saturated carbocycles. The fourth-order valence-corrected chi connectivity index (χ4v) is 4.48. The number of nitrogens with zero attached hydrogens (tertiary/aromatic N) is 2. The van der Waals surface area contributed by atoms with E-state index in [0.29, 0.717) is 11.7 Å². The van der Waals surface area contributed by atoms with E-state index in [1.54, 1.807) is 4.90 Å². The predicted octanol–water partition coefficient (Wildman–Crippen LogP) is 5.29. The van der Waals surface area contributed by atoms with Gasteiger partial charge in [0.15, 0.2) is 5.17 Å². The molecule has 1 fully saturated rings. The molecule has 2 aromatic rings. The first kappa shape index (κ1) is 22.1. The second-order valence-corrected chi connectivity index (χ2v) is 9.00. The van der Waals surface area contributed by atoms with Crippen LogP contribution in [-0.2, 0) is 9.59 Å². The lowest BCUT2D eigenvalue weighted by atomic mass is 10.1. The third kappa shape index (κ3) is 5.11. The van der Waals surface area contributed by atoms with Gasteiger partial charge in [-0.05, 0) is 74.6 Å². The topological polar surface area (TPSA) is 61.8 Å². The van der Waals surface area contributed by atoms with Crippen molar-refractivity contribution >= 4 is 40.1 Å². The van der Waals surface area contributed by atoms with Crippen molar-refractivity contribution in [3.8, 4) is 0 Å². The molecule has 2 amide bonds. The monoisotopic (exact) mass is 423 g/mol. The van der Waals surface area contributed by atoms with Crippen LogP contribution in [0.2, 0.25) is 0 Å². The predicted molar refractivity (Wildman–Crippen MR) is 126 cm³/mol. The molecule has 1 aliphatic rings. The third-order valence-corrected chi connectivity index (χ3v) is 6.40. The molecule has 3 rings (SSSR count). The molecule has 0 bridgehead atoms. The van der Waals surface area contributed by atoms with Gasteiger partial charge < -0.3 is 5.32 Å². The van der Waals surface area contributed by atoms with Crippen molar-refractivity contribution in [3.63, 3.8) is 0 Å². The van der Waals surface area contributed by atoms with Crippen molar-refractivity contribution < 1.29 is 9.59 Å². The molecule has 5 nitrogen and oxygen atoms in total. The Morgan fingerprint density at radius 2 is 1.80 bits per heavy atom. The maximum absolute atomic E-state index is 13.0. The first-order valence-electron chi connectivity index (χ1n) is 10.3. The molecular weight excluding hydrogens is 394 g/mol. The number of rotatable bonds is 6. The van der Waals surface area contributed by atoms with Crippen LogP contribution in [0, 0.1) is 27.7 Å². The van der Waals surface area contributed by atoms with Crippen molar-refractivity contribution in [1.29, 1.82) is 0 Å². The fraction of sp³-hybridized carbons (Fsp3) is 0.375. The maximum atomic E-state index is 13.0. The summed E-state index contributed by atoms with van der Waals surface area (Å²) in [7, 11) is 0. The van der Waals surface area contributed by atoms with Crippen molar-refractivity contribution in [1.82, 2.24) is 4.90 Å². The first-order valence-corrected chi connectivity index (χ1v) is 11.2. The van der Waals surface area contributed by atoms with E-state index in [0.717, 1.165) is 34.5 Å². The number of aliphatic imine (C=N–C) groups is 1. The Labute approximate surface area is 183 Å². The van der Waals surface area contributed by atoms with Gasteiger partial charge >= 0.3 is 0 Å². The molecule has 1 unspecified atom stereocenters. The van der Waals surface area contributed by atoms with Crippen LogP contribution in [0.4, 0.5) is 11.4 Å². The lowest BCUT2D eigenvalue weighted by Crippen LogP contribution is -2.34. The van der Waals surface area contributed by atoms with Crippen LogP contribution in [-0.4, -0.2) is 33.7 Å². The van der Waals surface area contributed by atoms with Crippen molar-refractivity contribution in [2.45, 2.75) is 52.7 Å². The smallest absolute Gasteiger partial charge is 0.242 e. The minimum atomic E-state index is -0.452. The van der Waals surface area contributed by atoms with E-state index >= 15 is 0 Å². The number of carbonyl (C=O) groups excluding carboxylic acids is 2. The SMILES string of the molecule is CCCN1C(=O)C(CC(=O)Nc2cc(C)ccc2C)SC1=Nc1ccc(C)c(C)c1. The zero-order chi connectivity index (χ0) is 21.8. The van der Waals surface area contributed by atoms with Crippen molar-refractivity contribution in [2.75, 3.05) is 11.9 Å². The zero-order valence-electron chi connectivity index (χ0n) is 18.3. The molecule has 0 spiro atoms. The average molecular weight is 424 g/mol. The summed E-state index contributed by atoms with van der Waals surface area (Å²) in [6.45, 7) is 10.7. The Bertz CT molecular complexity index is 1000. The first-order chi connectivity index (χ1) is 14.3. The number of aryl methyl sites for hydroxylation is 4. The van der Waals surface area contributed by atoms with E-state index in [1.807, 2.05) is 57.2 Å². The molecule has 1 aliphatic heterocycles. The van der Waals surface area contributed by atoms with E-state index in [1.165, 1.54) is 17.3 Å². The van der Waals surface area contributed by atoms with Crippen molar-refractivity contribution in [2.24, 2.45) is 4.99 Å². The number of thioether (sulfide) groups is 1. The van der Waals surface area contributed by atoms with Gasteiger partial charge in [0.2, 0.25) is 11.8 Å². The third-order valence-electron chi connectivity index (χ3n) is 5.22. The number of hydrogen-bond donors (Lipinski definition) is 1. The summed E-state index contributed by atoms with van der Waals surface area (Å²) in [6, 6.07) is 12.0. The molecule has 2 aromatic carbocycles. The van der Waals surface area contributed by atoms with Crippen LogP contribution in [0.3, 0.4) is 0 Å². The number of nitrogens with one attached hydrogen (secondary N) is 1. The molecule has 6 heteroatoms. The summed E-state index contributed by atoms with van der Waals surface area (Å²) in [5, 5.41) is 3.18. The van der Waals surface area contributed by atoms with Crippen LogP contribution in [0.1, 0.15) is 42.0 Å². The van der Waals surface area contributed by atoms with Crippen molar-refractivity contribution in [3.05, 3.63) is 58.7 Å². The normalized spacial score (nSPS) is 17.6. The Morgan fingerprint density at radius 1 is 1.07 bits per heavy atom. The molecule has 158 valence electrons. The van der Waals surface area contributed by atoms with Crippen LogP contribution in [0.25, 0.3) is 0 Å². The van der Waals surface area contributed by atoms with Crippen LogP contribution >= 0.6 is 11.8 Å². The number of amidine groups is 1. The van der Waals surface area contributed by atoms with E-state index in [9.17, 15) is 9.59 Å². The Balaban J connectivity index is 1.76. The van der Waals surface area contributed by atoms with Crippen LogP contribution < -0.4 is 5.32 Å². The second-order valence-electron chi connectivity index (χ2n) is 7.83. The molecule has 0 radical (unpaired) electrons. The number of amides is 2. The zero-order valence-corrected chi connectivity index (χ0v) is 19.1. The molecule has 0 aliphatic carbocycles. The Morgan fingerprint density at radius 3 is 2.50 bits per heavy atom. The van der Waals surface area contributed by atoms with Gasteiger partial charge in [-0.1, -0.05) is 36.9 Å². The molecule has 0 aromatic heterocycles. The molecular formula is C24H29N3O2S. The number of carbonyl (C=O) groups is 2. The number of anilines is 1. The summed E-state index contributed by atoms with van der Waals surface area (Å²) in [4.78, 5) is 32.1. The number of hydrogen-bond acceptors (Lipinski definition) is 4. The van der Waals surface area contributed by atoms with E-state index in [2.05, 4.69) is 19.2 Å². The second kappa shape index (κ2) is 9.47. The average Bonchev–Trinajstić information content (AvgIpc) is 2.96. The minimum absolute atomic E-state index is 0.0412. The highest BCUT2D eigenvalue weighted by atomic mass is 32.2. The standard InChI is InChI=1S/C24H29N3O2S/c1-6-11-27-23(29)21(14-22(28)26-20-12-15(2)7-8-17(20)4)30-24(27)25-19-10-9-16(3)18(5)13-19/h7-10,12-13,21H,6,11,14H2,1-5H3,(H,26,28). The molecule has 1 saturated heterocycles. The van der Waals surface area contributed by atoms with Gasteiger partial charge in [0.25, 0.3) is 0 Å². The largest absolute Gasteiger partial charge is 0.326 e. The lowest BCUT2D eigenvalue weighted by Gasteiger charge is -2.15. The maximum Gasteiger partial charge on any atom is 0.242 e. The fourth-order valence-electron chi connectivity index (χ4n) is 3.30. The minimum Gasteiger partial charge on any atom is -0.326 e. The summed E-state index contributed by atoms with van der Waals surface area (Å²) in [6.07, 6.45) is 0.961. The van der Waals surface area contributed by atoms with E-state index in [4.69, 9.17) is 4.99 Å². The highest BCUT2D eigenvalue weighted by Crippen LogP contribution is 2.32. The molecule has 1 heterocycles. The molecule has 1 atom stereocenters. The van der Waals surface area contributed by atoms with E-state index < -0.39 is 5.25 Å². The van der Waals surface area contributed by atoms with E-state index in [-0.39, 0.29) is 18.2 Å². The molecule has 30 heavy (non-hydrogen) atoms. The highest BCUT2D eigenvalue weighted by molar-refractivity contribution is 8.15. The quantitative estimate of drug-likeness (QED) is 0.687. The molecule has 1 N–H and O–H groups in total. The van der Waals surface area contributed by atoms with Gasteiger partial charge in [-0.15, -0.1) is 0 Å². The number of benzene rings is 2. The summed E-state index contributed by atoms with van der Waals surface area (Å²) < 4.78 is 0. The van der Waals surface area contributed by atoms with Crippen LogP contribution in [0.15, 0.2) is 41.4 Å². The lowest BCUT2D eigenvalue weighted by molar-refractivity contribution is -0.128. The summed E-state index contributed by atoms with van der Waals surface area (Å²) in [5.41, 5.74) is 6.08. The van der Waals surface area contributed by atoms with Gasteiger partial charge in [-0.25, -0.2) is 4.99 Å². The Kier molecular flexibility index (Phi) is 6.98. The van der Waals surface area contributed by atoms with Crippen LogP contribution in [0.5, 0.6) is 0 Å².